The highest BCUT2D eigenvalue weighted by molar-refractivity contribution is 5.57. The van der Waals surface area contributed by atoms with Crippen LogP contribution in [-0.4, -0.2) is 42.1 Å². The minimum Gasteiger partial charge on any atom is -0.330 e. The smallest absolute Gasteiger partial charge is 0.253 e. The van der Waals surface area contributed by atoms with Gasteiger partial charge in [-0.05, 0) is 56.8 Å². The quantitative estimate of drug-likeness (QED) is 0.647. The van der Waals surface area contributed by atoms with Crippen LogP contribution in [0.2, 0.25) is 0 Å². The predicted octanol–water partition coefficient (Wildman–Crippen LogP) is 2.75. The van der Waals surface area contributed by atoms with Gasteiger partial charge in [0.15, 0.2) is 0 Å². The van der Waals surface area contributed by atoms with E-state index in [-0.39, 0.29) is 5.56 Å². The molecule has 5 rings (SSSR count). The largest absolute Gasteiger partial charge is 0.330 e. The van der Waals surface area contributed by atoms with Gasteiger partial charge in [-0.2, -0.15) is 0 Å². The van der Waals surface area contributed by atoms with Crippen molar-refractivity contribution in [2.75, 3.05) is 13.1 Å². The van der Waals surface area contributed by atoms with Crippen molar-refractivity contribution in [3.05, 3.63) is 65.5 Å². The van der Waals surface area contributed by atoms with Crippen LogP contribution in [0, 0.1) is 5.92 Å². The molecule has 7 heteroatoms. The molecule has 2 aliphatic rings. The molecule has 0 bridgehead atoms. The molecule has 1 aliphatic heterocycles. The van der Waals surface area contributed by atoms with E-state index in [4.69, 9.17) is 0 Å². The number of rotatable bonds is 6. The molecule has 3 aromatic heterocycles. The van der Waals surface area contributed by atoms with Gasteiger partial charge in [-0.3, -0.25) is 19.2 Å². The van der Waals surface area contributed by atoms with Crippen molar-refractivity contribution in [2.45, 2.75) is 44.8 Å². The monoisotopic (exact) mass is 390 g/mol. The molecule has 1 aliphatic carbocycles. The highest BCUT2D eigenvalue weighted by Crippen LogP contribution is 2.36. The number of piperidine rings is 1. The second kappa shape index (κ2) is 7.91. The number of nitrogens with zero attached hydrogens (tertiary/aromatic N) is 6. The Hall–Kier alpha value is -2.80. The van der Waals surface area contributed by atoms with Gasteiger partial charge in [0.25, 0.3) is 5.56 Å². The molecule has 7 nitrogen and oxygen atoms in total. The zero-order valence-corrected chi connectivity index (χ0v) is 16.5. The Morgan fingerprint density at radius 3 is 2.52 bits per heavy atom. The lowest BCUT2D eigenvalue weighted by molar-refractivity contribution is 0.163. The van der Waals surface area contributed by atoms with Gasteiger partial charge in [-0.1, -0.05) is 0 Å². The Balaban J connectivity index is 1.17. The van der Waals surface area contributed by atoms with Crippen LogP contribution in [0.15, 0.2) is 54.2 Å². The van der Waals surface area contributed by atoms with Crippen LogP contribution in [0.25, 0.3) is 11.3 Å². The first-order valence-electron chi connectivity index (χ1n) is 10.5. The second-order valence-corrected chi connectivity index (χ2v) is 8.24. The molecule has 0 atom stereocenters. The van der Waals surface area contributed by atoms with E-state index in [2.05, 4.69) is 24.4 Å². The zero-order valence-electron chi connectivity index (χ0n) is 16.5. The van der Waals surface area contributed by atoms with Gasteiger partial charge in [0.2, 0.25) is 0 Å². The number of hydrogen-bond acceptors (Lipinski definition) is 5. The molecule has 0 amide bonds. The summed E-state index contributed by atoms with van der Waals surface area (Å²) in [7, 11) is 0. The first-order valence-corrected chi connectivity index (χ1v) is 10.5. The molecule has 0 unspecified atom stereocenters. The molecule has 29 heavy (non-hydrogen) atoms. The van der Waals surface area contributed by atoms with E-state index in [0.29, 0.717) is 17.7 Å². The third-order valence-corrected chi connectivity index (χ3v) is 6.09. The van der Waals surface area contributed by atoms with Crippen LogP contribution >= 0.6 is 0 Å². The van der Waals surface area contributed by atoms with Crippen molar-refractivity contribution >= 4 is 0 Å². The molecule has 0 radical (unpaired) electrons. The van der Waals surface area contributed by atoms with E-state index in [1.807, 2.05) is 24.7 Å². The van der Waals surface area contributed by atoms with E-state index in [0.717, 1.165) is 44.6 Å². The van der Waals surface area contributed by atoms with Crippen molar-refractivity contribution in [1.82, 2.24) is 29.0 Å². The van der Waals surface area contributed by atoms with E-state index in [1.54, 1.807) is 29.4 Å². The van der Waals surface area contributed by atoms with E-state index in [1.165, 1.54) is 18.5 Å². The molecule has 150 valence electrons. The summed E-state index contributed by atoms with van der Waals surface area (Å²) < 4.78 is 4.11. The summed E-state index contributed by atoms with van der Waals surface area (Å²) in [6, 6.07) is 6.05. The SMILES string of the molecule is O=c1cc(-c2ccncc2)ncn1CC1CCN(Cc2cncn2C2CC2)CC1. The maximum Gasteiger partial charge on any atom is 0.253 e. The highest BCUT2D eigenvalue weighted by Gasteiger charge is 2.27. The average Bonchev–Trinajstić information content (AvgIpc) is 3.50. The minimum atomic E-state index is 0.0163. The number of likely N-dealkylation sites (tertiary alicyclic amines) is 1. The number of pyridine rings is 1. The van der Waals surface area contributed by atoms with Crippen LogP contribution in [0.1, 0.15) is 37.4 Å². The van der Waals surface area contributed by atoms with Crippen LogP contribution in [-0.2, 0) is 13.1 Å². The Morgan fingerprint density at radius 2 is 1.79 bits per heavy atom. The second-order valence-electron chi connectivity index (χ2n) is 8.24. The minimum absolute atomic E-state index is 0.0163. The van der Waals surface area contributed by atoms with Crippen molar-refractivity contribution in [2.24, 2.45) is 5.92 Å². The molecule has 0 spiro atoms. The van der Waals surface area contributed by atoms with Crippen LogP contribution in [0.5, 0.6) is 0 Å². The predicted molar refractivity (Wildman–Crippen MR) is 110 cm³/mol. The summed E-state index contributed by atoms with van der Waals surface area (Å²) in [5, 5.41) is 0. The topological polar surface area (TPSA) is 68.8 Å². The standard InChI is InChI=1S/C22H26N6O/c29-22-11-21(18-3-7-23-8-4-18)25-16-27(22)13-17-5-9-26(10-6-17)14-20-12-24-15-28(20)19-1-2-19/h3-4,7-8,11-12,15-17,19H,1-2,5-6,9-10,13-14H2. The third-order valence-electron chi connectivity index (χ3n) is 6.09. The van der Waals surface area contributed by atoms with Gasteiger partial charge in [0.1, 0.15) is 0 Å². The highest BCUT2D eigenvalue weighted by atomic mass is 16.1. The maximum atomic E-state index is 12.6. The number of hydrogen-bond donors (Lipinski definition) is 0. The zero-order chi connectivity index (χ0) is 19.6. The molecule has 3 aromatic rings. The summed E-state index contributed by atoms with van der Waals surface area (Å²) >= 11 is 0. The number of imidazole rings is 1. The Labute approximate surface area is 170 Å². The van der Waals surface area contributed by atoms with Crippen molar-refractivity contribution in [3.63, 3.8) is 0 Å². The van der Waals surface area contributed by atoms with E-state index >= 15 is 0 Å². The maximum absolute atomic E-state index is 12.6. The molecule has 1 saturated carbocycles. The summed E-state index contributed by atoms with van der Waals surface area (Å²) in [4.78, 5) is 27.9. The lowest BCUT2D eigenvalue weighted by Gasteiger charge is -2.32. The average molecular weight is 390 g/mol. The first kappa shape index (κ1) is 18.2. The molecular formula is C22H26N6O. The van der Waals surface area contributed by atoms with Gasteiger partial charge >= 0.3 is 0 Å². The summed E-state index contributed by atoms with van der Waals surface area (Å²) in [5.74, 6) is 0.519. The van der Waals surface area contributed by atoms with E-state index in [9.17, 15) is 4.79 Å². The molecule has 1 saturated heterocycles. The van der Waals surface area contributed by atoms with Crippen molar-refractivity contribution in [3.8, 4) is 11.3 Å². The van der Waals surface area contributed by atoms with Gasteiger partial charge < -0.3 is 4.57 Å². The van der Waals surface area contributed by atoms with Gasteiger partial charge in [-0.25, -0.2) is 9.97 Å². The van der Waals surface area contributed by atoms with Gasteiger partial charge in [-0.15, -0.1) is 0 Å². The lowest BCUT2D eigenvalue weighted by atomic mass is 9.96. The number of aromatic nitrogens is 5. The van der Waals surface area contributed by atoms with Crippen LogP contribution in [0.4, 0.5) is 0 Å². The fourth-order valence-electron chi connectivity index (χ4n) is 4.21. The molecule has 0 N–H and O–H groups in total. The fraction of sp³-hybridized carbons (Fsp3) is 0.455. The lowest BCUT2D eigenvalue weighted by Crippen LogP contribution is -2.36. The Morgan fingerprint density at radius 1 is 1.00 bits per heavy atom. The van der Waals surface area contributed by atoms with Crippen molar-refractivity contribution in [1.29, 1.82) is 0 Å². The third kappa shape index (κ3) is 4.15. The van der Waals surface area contributed by atoms with Gasteiger partial charge in [0, 0.05) is 49.4 Å². The Bertz CT molecular complexity index is 1020. The molecular weight excluding hydrogens is 364 g/mol. The van der Waals surface area contributed by atoms with Crippen LogP contribution in [0.3, 0.4) is 0 Å². The van der Waals surface area contributed by atoms with Gasteiger partial charge in [0.05, 0.1) is 24.0 Å². The summed E-state index contributed by atoms with van der Waals surface area (Å²) in [5.41, 5.74) is 2.97. The Kier molecular flexibility index (Phi) is 4.97. The first-order chi connectivity index (χ1) is 14.3. The van der Waals surface area contributed by atoms with E-state index < -0.39 is 0 Å². The van der Waals surface area contributed by atoms with Crippen LogP contribution < -0.4 is 5.56 Å². The molecule has 2 fully saturated rings. The van der Waals surface area contributed by atoms with Crippen molar-refractivity contribution < 1.29 is 0 Å². The molecule has 0 aromatic carbocycles. The fourth-order valence-corrected chi connectivity index (χ4v) is 4.21. The summed E-state index contributed by atoms with van der Waals surface area (Å²) in [6.45, 7) is 3.86. The normalized spacial score (nSPS) is 18.2. The molecule has 4 heterocycles. The summed E-state index contributed by atoms with van der Waals surface area (Å²) in [6.07, 6.45) is 13.9.